The standard InChI is InChI=1S/C7H9BrN2OS/c1-2-12(11)10-7-3-4-9-5-6(7)8/h3-5H,2H2,1H3,(H,9,10). The van der Waals surface area contributed by atoms with Gasteiger partial charge in [-0.15, -0.1) is 0 Å². The number of nitrogens with zero attached hydrogens (tertiary/aromatic N) is 1. The monoisotopic (exact) mass is 248 g/mol. The molecule has 0 aliphatic carbocycles. The first-order chi connectivity index (χ1) is 5.74. The molecule has 0 saturated heterocycles. The van der Waals surface area contributed by atoms with E-state index in [0.717, 1.165) is 10.2 Å². The maximum absolute atomic E-state index is 11.1. The molecule has 1 atom stereocenters. The number of halogens is 1. The maximum Gasteiger partial charge on any atom is 0.116 e. The third kappa shape index (κ3) is 2.57. The van der Waals surface area contributed by atoms with Gasteiger partial charge in [-0.1, -0.05) is 6.92 Å². The average Bonchev–Trinajstić information content (AvgIpc) is 2.09. The van der Waals surface area contributed by atoms with Crippen molar-refractivity contribution >= 4 is 32.6 Å². The third-order valence-corrected chi connectivity index (χ3v) is 2.86. The Balaban J connectivity index is 2.75. The van der Waals surface area contributed by atoms with E-state index < -0.39 is 11.0 Å². The van der Waals surface area contributed by atoms with E-state index in [-0.39, 0.29) is 0 Å². The molecular weight excluding hydrogens is 240 g/mol. The van der Waals surface area contributed by atoms with Gasteiger partial charge in [0.25, 0.3) is 0 Å². The van der Waals surface area contributed by atoms with Gasteiger partial charge in [-0.3, -0.25) is 4.98 Å². The van der Waals surface area contributed by atoms with Crippen LogP contribution in [0, 0.1) is 0 Å². The highest BCUT2D eigenvalue weighted by Gasteiger charge is 2.00. The Morgan fingerprint density at radius 3 is 3.08 bits per heavy atom. The highest BCUT2D eigenvalue weighted by Crippen LogP contribution is 2.20. The van der Waals surface area contributed by atoms with Crippen molar-refractivity contribution in [1.29, 1.82) is 0 Å². The van der Waals surface area contributed by atoms with Crippen molar-refractivity contribution in [2.45, 2.75) is 6.92 Å². The first kappa shape index (κ1) is 9.67. The summed E-state index contributed by atoms with van der Waals surface area (Å²) in [5, 5.41) is 0. The second-order valence-electron chi connectivity index (χ2n) is 2.09. The summed E-state index contributed by atoms with van der Waals surface area (Å²) in [6, 6.07) is 1.78. The fourth-order valence-corrected chi connectivity index (χ4v) is 1.70. The molecule has 0 aliphatic rings. The summed E-state index contributed by atoms with van der Waals surface area (Å²) >= 11 is 3.29. The van der Waals surface area contributed by atoms with Crippen molar-refractivity contribution in [2.24, 2.45) is 0 Å². The Hall–Kier alpha value is -0.420. The highest BCUT2D eigenvalue weighted by atomic mass is 79.9. The number of hydrogen-bond acceptors (Lipinski definition) is 2. The lowest BCUT2D eigenvalue weighted by Crippen LogP contribution is -2.06. The summed E-state index contributed by atoms with van der Waals surface area (Å²) < 4.78 is 14.8. The van der Waals surface area contributed by atoms with Crippen molar-refractivity contribution in [2.75, 3.05) is 10.5 Å². The van der Waals surface area contributed by atoms with E-state index in [4.69, 9.17) is 0 Å². The zero-order valence-electron chi connectivity index (χ0n) is 6.58. The molecule has 0 spiro atoms. The van der Waals surface area contributed by atoms with Gasteiger partial charge in [0.05, 0.1) is 10.2 Å². The van der Waals surface area contributed by atoms with Crippen LogP contribution in [0.3, 0.4) is 0 Å². The Morgan fingerprint density at radius 2 is 2.50 bits per heavy atom. The van der Waals surface area contributed by atoms with Gasteiger partial charge in [0.2, 0.25) is 0 Å². The minimum atomic E-state index is -0.996. The Kier molecular flexibility index (Phi) is 3.68. The predicted octanol–water partition coefficient (Wildman–Crippen LogP) is 1.94. The molecule has 5 heteroatoms. The van der Waals surface area contributed by atoms with Crippen molar-refractivity contribution in [3.05, 3.63) is 22.9 Å². The molecule has 0 amide bonds. The van der Waals surface area contributed by atoms with Crippen LogP contribution in [0.15, 0.2) is 22.9 Å². The molecule has 1 aromatic rings. The molecule has 1 unspecified atom stereocenters. The van der Waals surface area contributed by atoms with E-state index in [0.29, 0.717) is 5.75 Å². The lowest BCUT2D eigenvalue weighted by molar-refractivity contribution is 0.687. The van der Waals surface area contributed by atoms with Crippen molar-refractivity contribution in [3.63, 3.8) is 0 Å². The highest BCUT2D eigenvalue weighted by molar-refractivity contribution is 9.10. The number of rotatable bonds is 3. The van der Waals surface area contributed by atoms with Crippen molar-refractivity contribution in [1.82, 2.24) is 4.98 Å². The number of hydrogen-bond donors (Lipinski definition) is 1. The zero-order chi connectivity index (χ0) is 8.97. The number of pyridine rings is 1. The lowest BCUT2D eigenvalue weighted by atomic mass is 10.4. The summed E-state index contributed by atoms with van der Waals surface area (Å²) in [4.78, 5) is 3.89. The molecule has 0 aliphatic heterocycles. The van der Waals surface area contributed by atoms with Gasteiger partial charge in [-0.25, -0.2) is 4.21 Å². The Labute approximate surface area is 82.3 Å². The van der Waals surface area contributed by atoms with Gasteiger partial charge >= 0.3 is 0 Å². The average molecular weight is 249 g/mol. The molecule has 0 radical (unpaired) electrons. The van der Waals surface area contributed by atoms with Gasteiger partial charge < -0.3 is 4.72 Å². The molecule has 0 bridgehead atoms. The van der Waals surface area contributed by atoms with Gasteiger partial charge in [-0.05, 0) is 22.0 Å². The minimum Gasteiger partial charge on any atom is -0.304 e. The van der Waals surface area contributed by atoms with Gasteiger partial charge in [0.15, 0.2) is 0 Å². The predicted molar refractivity (Wildman–Crippen MR) is 54.2 cm³/mol. The summed E-state index contributed by atoms with van der Waals surface area (Å²) in [5.41, 5.74) is 0.810. The Morgan fingerprint density at radius 1 is 1.75 bits per heavy atom. The largest absolute Gasteiger partial charge is 0.304 e. The van der Waals surface area contributed by atoms with E-state index in [1.807, 2.05) is 6.92 Å². The molecule has 3 nitrogen and oxygen atoms in total. The second kappa shape index (κ2) is 4.57. The molecule has 1 N–H and O–H groups in total. The smallest absolute Gasteiger partial charge is 0.116 e. The molecule has 0 fully saturated rings. The summed E-state index contributed by atoms with van der Waals surface area (Å²) in [7, 11) is -0.996. The fraction of sp³-hybridized carbons (Fsp3) is 0.286. The topological polar surface area (TPSA) is 42.0 Å². The number of anilines is 1. The maximum atomic E-state index is 11.1. The van der Waals surface area contributed by atoms with Crippen LogP contribution >= 0.6 is 15.9 Å². The van der Waals surface area contributed by atoms with Crippen LogP contribution in [0.25, 0.3) is 0 Å². The molecule has 0 saturated carbocycles. The normalized spacial score (nSPS) is 12.5. The lowest BCUT2D eigenvalue weighted by Gasteiger charge is -2.04. The van der Waals surface area contributed by atoms with Crippen LogP contribution in [0.1, 0.15) is 6.92 Å². The molecular formula is C7H9BrN2OS. The van der Waals surface area contributed by atoms with Crippen molar-refractivity contribution < 1.29 is 4.21 Å². The first-order valence-corrected chi connectivity index (χ1v) is 5.59. The van der Waals surface area contributed by atoms with Crippen LogP contribution in [0.4, 0.5) is 5.69 Å². The fourth-order valence-electron chi connectivity index (χ4n) is 0.653. The molecule has 12 heavy (non-hydrogen) atoms. The van der Waals surface area contributed by atoms with Crippen LogP contribution in [-0.4, -0.2) is 14.9 Å². The quantitative estimate of drug-likeness (QED) is 0.889. The van der Waals surface area contributed by atoms with Gasteiger partial charge in [0.1, 0.15) is 11.0 Å². The van der Waals surface area contributed by atoms with E-state index in [2.05, 4.69) is 25.6 Å². The minimum absolute atomic E-state index is 0.592. The molecule has 66 valence electrons. The summed E-state index contributed by atoms with van der Waals surface area (Å²) in [6.45, 7) is 1.86. The molecule has 0 aromatic carbocycles. The zero-order valence-corrected chi connectivity index (χ0v) is 8.98. The SMILES string of the molecule is CCS(=O)Nc1ccncc1Br. The first-order valence-electron chi connectivity index (χ1n) is 3.48. The van der Waals surface area contributed by atoms with Gasteiger partial charge in [-0.2, -0.15) is 0 Å². The number of nitrogens with one attached hydrogen (secondary N) is 1. The summed E-state index contributed by atoms with van der Waals surface area (Å²) in [6.07, 6.45) is 3.31. The van der Waals surface area contributed by atoms with E-state index in [9.17, 15) is 4.21 Å². The van der Waals surface area contributed by atoms with E-state index >= 15 is 0 Å². The van der Waals surface area contributed by atoms with Crippen LogP contribution < -0.4 is 4.72 Å². The van der Waals surface area contributed by atoms with Crippen LogP contribution in [-0.2, 0) is 11.0 Å². The third-order valence-electron chi connectivity index (χ3n) is 1.26. The molecule has 1 rings (SSSR count). The van der Waals surface area contributed by atoms with E-state index in [1.54, 1.807) is 18.5 Å². The molecule has 1 heterocycles. The molecule has 1 aromatic heterocycles. The van der Waals surface area contributed by atoms with Crippen molar-refractivity contribution in [3.8, 4) is 0 Å². The van der Waals surface area contributed by atoms with Crippen LogP contribution in [0.5, 0.6) is 0 Å². The van der Waals surface area contributed by atoms with Gasteiger partial charge in [0, 0.05) is 18.1 Å². The van der Waals surface area contributed by atoms with E-state index in [1.165, 1.54) is 0 Å². The number of aromatic nitrogens is 1. The second-order valence-corrected chi connectivity index (χ2v) is 4.42. The Bertz CT molecular complexity index is 292. The summed E-state index contributed by atoms with van der Waals surface area (Å²) in [5.74, 6) is 0.592. The van der Waals surface area contributed by atoms with Crippen LogP contribution in [0.2, 0.25) is 0 Å².